The number of ether oxygens (including phenoxy) is 2. The van der Waals surface area contributed by atoms with Crippen molar-refractivity contribution in [1.29, 1.82) is 0 Å². The smallest absolute Gasteiger partial charge is 0.255 e. The molecule has 188 valence electrons. The molecule has 2 amide bonds. The number of benzene rings is 4. The first-order valence-electron chi connectivity index (χ1n) is 11.7. The molecule has 0 bridgehead atoms. The molecule has 7 heteroatoms. The molecule has 0 aliphatic heterocycles. The summed E-state index contributed by atoms with van der Waals surface area (Å²) in [7, 11) is 3.12. The van der Waals surface area contributed by atoms with Gasteiger partial charge >= 0.3 is 0 Å². The number of hydrogen-bond acceptors (Lipinski definition) is 5. The Bertz CT molecular complexity index is 1390. The summed E-state index contributed by atoms with van der Waals surface area (Å²) >= 11 is 1.40. The SMILES string of the molecule is COc1ccc(NC(=O)C(Sc2cccc(NC(=O)c3cccc(C)c3)c2)c2ccccc2)c(OC)c1. The zero-order chi connectivity index (χ0) is 26.2. The van der Waals surface area contributed by atoms with Crippen molar-refractivity contribution < 1.29 is 19.1 Å². The number of hydrogen-bond donors (Lipinski definition) is 2. The lowest BCUT2D eigenvalue weighted by Crippen LogP contribution is -2.19. The lowest BCUT2D eigenvalue weighted by Gasteiger charge is -2.19. The van der Waals surface area contributed by atoms with E-state index >= 15 is 0 Å². The highest BCUT2D eigenvalue weighted by Gasteiger charge is 2.23. The van der Waals surface area contributed by atoms with E-state index in [0.29, 0.717) is 28.4 Å². The van der Waals surface area contributed by atoms with Gasteiger partial charge in [-0.05, 0) is 55.0 Å². The highest BCUT2D eigenvalue weighted by Crippen LogP contribution is 2.38. The van der Waals surface area contributed by atoms with Gasteiger partial charge in [0.2, 0.25) is 5.91 Å². The minimum atomic E-state index is -0.546. The minimum Gasteiger partial charge on any atom is -0.497 e. The van der Waals surface area contributed by atoms with Crippen LogP contribution in [0.5, 0.6) is 11.5 Å². The van der Waals surface area contributed by atoms with Gasteiger partial charge in [-0.3, -0.25) is 9.59 Å². The van der Waals surface area contributed by atoms with Crippen molar-refractivity contribution in [2.75, 3.05) is 24.9 Å². The molecule has 0 aliphatic carbocycles. The van der Waals surface area contributed by atoms with E-state index in [1.54, 1.807) is 38.5 Å². The fraction of sp³-hybridized carbons (Fsp3) is 0.133. The van der Waals surface area contributed by atoms with Crippen molar-refractivity contribution in [3.8, 4) is 11.5 Å². The van der Waals surface area contributed by atoms with Gasteiger partial charge in [-0.25, -0.2) is 0 Å². The summed E-state index contributed by atoms with van der Waals surface area (Å²) < 4.78 is 10.7. The summed E-state index contributed by atoms with van der Waals surface area (Å²) in [4.78, 5) is 27.1. The second kappa shape index (κ2) is 12.1. The van der Waals surface area contributed by atoms with Gasteiger partial charge in [-0.15, -0.1) is 11.8 Å². The number of methoxy groups -OCH3 is 2. The van der Waals surface area contributed by atoms with Crippen molar-refractivity contribution >= 4 is 35.0 Å². The first kappa shape index (κ1) is 25.9. The second-order valence-corrected chi connectivity index (χ2v) is 9.49. The molecular formula is C30H28N2O4S. The number of anilines is 2. The molecule has 0 fully saturated rings. The van der Waals surface area contributed by atoms with Crippen LogP contribution >= 0.6 is 11.8 Å². The normalized spacial score (nSPS) is 11.3. The third kappa shape index (κ3) is 6.71. The molecule has 0 spiro atoms. The third-order valence-corrected chi connectivity index (χ3v) is 6.88. The van der Waals surface area contributed by atoms with Crippen LogP contribution in [-0.4, -0.2) is 26.0 Å². The molecule has 2 N–H and O–H groups in total. The summed E-state index contributed by atoms with van der Waals surface area (Å²) in [6.45, 7) is 1.95. The summed E-state index contributed by atoms with van der Waals surface area (Å²) in [6.07, 6.45) is 0. The van der Waals surface area contributed by atoms with E-state index < -0.39 is 5.25 Å². The van der Waals surface area contributed by atoms with E-state index in [0.717, 1.165) is 16.0 Å². The van der Waals surface area contributed by atoms with Gasteiger partial charge < -0.3 is 20.1 Å². The average molecular weight is 513 g/mol. The van der Waals surface area contributed by atoms with Gasteiger partial charge in [-0.2, -0.15) is 0 Å². The molecule has 0 saturated carbocycles. The van der Waals surface area contributed by atoms with Crippen molar-refractivity contribution in [3.05, 3.63) is 114 Å². The fourth-order valence-corrected chi connectivity index (χ4v) is 4.86. The van der Waals surface area contributed by atoms with Gasteiger partial charge in [0.1, 0.15) is 16.7 Å². The predicted molar refractivity (Wildman–Crippen MR) is 149 cm³/mol. The van der Waals surface area contributed by atoms with Crippen LogP contribution in [0.1, 0.15) is 26.7 Å². The molecule has 37 heavy (non-hydrogen) atoms. The zero-order valence-corrected chi connectivity index (χ0v) is 21.7. The first-order chi connectivity index (χ1) is 18.0. The highest BCUT2D eigenvalue weighted by molar-refractivity contribution is 8.00. The van der Waals surface area contributed by atoms with Crippen molar-refractivity contribution in [2.24, 2.45) is 0 Å². The lowest BCUT2D eigenvalue weighted by molar-refractivity contribution is -0.115. The van der Waals surface area contributed by atoms with Crippen LogP contribution in [0.4, 0.5) is 11.4 Å². The van der Waals surface area contributed by atoms with Crippen molar-refractivity contribution in [2.45, 2.75) is 17.1 Å². The number of rotatable bonds is 9. The fourth-order valence-electron chi connectivity index (χ4n) is 3.77. The molecule has 1 atom stereocenters. The number of carbonyl (C=O) groups is 2. The standard InChI is InChI=1S/C30H28N2O4S/c1-20-9-7-12-22(17-20)29(33)31-23-13-8-14-25(18-23)37-28(21-10-5-4-6-11-21)30(34)32-26-16-15-24(35-2)19-27(26)36-3/h4-19,28H,1-3H3,(H,31,33)(H,32,34). The molecule has 1 unspecified atom stereocenters. The molecule has 0 aliphatic rings. The number of aryl methyl sites for hydroxylation is 1. The quantitative estimate of drug-likeness (QED) is 0.243. The number of carbonyl (C=O) groups excluding carboxylic acids is 2. The monoisotopic (exact) mass is 512 g/mol. The minimum absolute atomic E-state index is 0.185. The number of nitrogens with one attached hydrogen (secondary N) is 2. The zero-order valence-electron chi connectivity index (χ0n) is 20.9. The topological polar surface area (TPSA) is 76.7 Å². The molecule has 0 saturated heterocycles. The van der Waals surface area contributed by atoms with Crippen LogP contribution < -0.4 is 20.1 Å². The maximum atomic E-state index is 13.5. The van der Waals surface area contributed by atoms with Crippen LogP contribution in [0.3, 0.4) is 0 Å². The third-order valence-electron chi connectivity index (χ3n) is 5.63. The molecule has 6 nitrogen and oxygen atoms in total. The lowest BCUT2D eigenvalue weighted by atomic mass is 10.1. The molecule has 4 aromatic rings. The van der Waals surface area contributed by atoms with E-state index in [2.05, 4.69) is 10.6 Å². The van der Waals surface area contributed by atoms with E-state index in [1.165, 1.54) is 11.8 Å². The van der Waals surface area contributed by atoms with Gasteiger partial charge in [-0.1, -0.05) is 54.1 Å². The van der Waals surface area contributed by atoms with Crippen LogP contribution in [0.15, 0.2) is 102 Å². The Balaban J connectivity index is 1.56. The van der Waals surface area contributed by atoms with E-state index in [9.17, 15) is 9.59 Å². The maximum absolute atomic E-state index is 13.5. The van der Waals surface area contributed by atoms with Crippen molar-refractivity contribution in [1.82, 2.24) is 0 Å². The van der Waals surface area contributed by atoms with Crippen molar-refractivity contribution in [3.63, 3.8) is 0 Å². The highest BCUT2D eigenvalue weighted by atomic mass is 32.2. The Morgan fingerprint density at radius 1 is 0.784 bits per heavy atom. The number of thioether (sulfide) groups is 1. The molecular weight excluding hydrogens is 484 g/mol. The maximum Gasteiger partial charge on any atom is 0.255 e. The van der Waals surface area contributed by atoms with Gasteiger partial charge in [0.05, 0.1) is 19.9 Å². The Morgan fingerprint density at radius 3 is 2.30 bits per heavy atom. The largest absolute Gasteiger partial charge is 0.497 e. The molecule has 4 rings (SSSR count). The predicted octanol–water partition coefficient (Wildman–Crippen LogP) is 6.74. The van der Waals surface area contributed by atoms with E-state index in [1.807, 2.05) is 79.7 Å². The van der Waals surface area contributed by atoms with Crippen LogP contribution in [0.25, 0.3) is 0 Å². The van der Waals surface area contributed by atoms with Crippen LogP contribution in [-0.2, 0) is 4.79 Å². The summed E-state index contributed by atoms with van der Waals surface area (Å²) in [5.41, 5.74) is 3.66. The Morgan fingerprint density at radius 2 is 1.57 bits per heavy atom. The Kier molecular flexibility index (Phi) is 8.48. The van der Waals surface area contributed by atoms with Crippen LogP contribution in [0, 0.1) is 6.92 Å². The second-order valence-electron chi connectivity index (χ2n) is 8.32. The summed E-state index contributed by atoms with van der Waals surface area (Å²) in [5, 5.41) is 5.40. The molecule has 0 aromatic heterocycles. The van der Waals surface area contributed by atoms with Crippen LogP contribution in [0.2, 0.25) is 0 Å². The average Bonchev–Trinajstić information content (AvgIpc) is 2.92. The van der Waals surface area contributed by atoms with Gasteiger partial charge in [0.15, 0.2) is 0 Å². The summed E-state index contributed by atoms with van der Waals surface area (Å²) in [5.74, 6) is 0.752. The number of amides is 2. The Hall–Kier alpha value is -4.23. The first-order valence-corrected chi connectivity index (χ1v) is 12.6. The summed E-state index contributed by atoms with van der Waals surface area (Å²) in [6, 6.07) is 29.7. The molecule has 4 aromatic carbocycles. The molecule has 0 heterocycles. The Labute approximate surface area is 221 Å². The van der Waals surface area contributed by atoms with Gasteiger partial charge in [0, 0.05) is 22.2 Å². The van der Waals surface area contributed by atoms with E-state index in [-0.39, 0.29) is 11.8 Å². The molecule has 0 radical (unpaired) electrons. The van der Waals surface area contributed by atoms with Gasteiger partial charge in [0.25, 0.3) is 5.91 Å². The van der Waals surface area contributed by atoms with E-state index in [4.69, 9.17) is 9.47 Å².